The van der Waals surface area contributed by atoms with Crippen LogP contribution in [0.15, 0.2) is 24.5 Å². The molecule has 0 amide bonds. The van der Waals surface area contributed by atoms with Gasteiger partial charge in [0.1, 0.15) is 11.6 Å². The van der Waals surface area contributed by atoms with Crippen molar-refractivity contribution < 1.29 is 0 Å². The number of nitrogens with one attached hydrogen (secondary N) is 1. The maximum Gasteiger partial charge on any atom is 0.138 e. The van der Waals surface area contributed by atoms with E-state index in [-0.39, 0.29) is 0 Å². The lowest BCUT2D eigenvalue weighted by molar-refractivity contribution is 0.552. The van der Waals surface area contributed by atoms with Crippen molar-refractivity contribution in [2.45, 2.75) is 47.1 Å². The molecule has 0 bridgehead atoms. The van der Waals surface area contributed by atoms with Crippen molar-refractivity contribution in [1.29, 1.82) is 0 Å². The van der Waals surface area contributed by atoms with Crippen LogP contribution in [-0.4, -0.2) is 21.1 Å². The van der Waals surface area contributed by atoms with E-state index in [0.717, 1.165) is 43.3 Å². The molecule has 1 N–H and O–H groups in total. The van der Waals surface area contributed by atoms with Gasteiger partial charge >= 0.3 is 0 Å². The predicted octanol–water partition coefficient (Wildman–Crippen LogP) is 3.14. The summed E-state index contributed by atoms with van der Waals surface area (Å²) in [6.07, 6.45) is 5.69. The minimum atomic E-state index is 0.664. The van der Waals surface area contributed by atoms with E-state index in [1.165, 1.54) is 5.56 Å². The second-order valence-electron chi connectivity index (χ2n) is 5.77. The molecule has 0 radical (unpaired) electrons. The van der Waals surface area contributed by atoms with Crippen molar-refractivity contribution in [1.82, 2.24) is 19.9 Å². The molecule has 0 fully saturated rings. The maximum atomic E-state index is 4.74. The number of imidazole rings is 1. The van der Waals surface area contributed by atoms with Crippen molar-refractivity contribution in [3.05, 3.63) is 41.6 Å². The largest absolute Gasteiger partial charge is 0.312 e. The van der Waals surface area contributed by atoms with Crippen molar-refractivity contribution in [2.24, 2.45) is 5.92 Å². The summed E-state index contributed by atoms with van der Waals surface area (Å²) in [5, 5.41) is 3.50. The van der Waals surface area contributed by atoms with Crippen molar-refractivity contribution in [3.63, 3.8) is 0 Å². The molecular formula is C17H26N4. The van der Waals surface area contributed by atoms with Gasteiger partial charge in [-0.3, -0.25) is 4.57 Å². The van der Waals surface area contributed by atoms with E-state index in [1.54, 1.807) is 0 Å². The first-order valence-corrected chi connectivity index (χ1v) is 7.87. The van der Waals surface area contributed by atoms with Gasteiger partial charge in [0, 0.05) is 31.1 Å². The second kappa shape index (κ2) is 7.36. The fraction of sp³-hybridized carbons (Fsp3) is 0.529. The summed E-state index contributed by atoms with van der Waals surface area (Å²) >= 11 is 0. The Morgan fingerprint density at radius 1 is 1.19 bits per heavy atom. The first-order valence-electron chi connectivity index (χ1n) is 7.87. The number of aryl methyl sites for hydroxylation is 2. The van der Waals surface area contributed by atoms with E-state index in [2.05, 4.69) is 54.7 Å². The van der Waals surface area contributed by atoms with Gasteiger partial charge in [0.25, 0.3) is 0 Å². The molecule has 2 aromatic heterocycles. The Hall–Kier alpha value is -1.68. The summed E-state index contributed by atoms with van der Waals surface area (Å²) in [4.78, 5) is 9.13. The second-order valence-corrected chi connectivity index (χ2v) is 5.77. The molecule has 0 saturated carbocycles. The molecule has 4 nitrogen and oxygen atoms in total. The van der Waals surface area contributed by atoms with E-state index < -0.39 is 0 Å². The molecule has 0 atom stereocenters. The Bertz CT molecular complexity index is 572. The number of pyridine rings is 1. The van der Waals surface area contributed by atoms with Crippen LogP contribution in [0.4, 0.5) is 0 Å². The highest BCUT2D eigenvalue weighted by molar-refractivity contribution is 5.32. The van der Waals surface area contributed by atoms with E-state index in [9.17, 15) is 0 Å². The minimum Gasteiger partial charge on any atom is -0.312 e. The average molecular weight is 286 g/mol. The van der Waals surface area contributed by atoms with Gasteiger partial charge in [0.2, 0.25) is 0 Å². The summed E-state index contributed by atoms with van der Waals surface area (Å²) < 4.78 is 2.09. The van der Waals surface area contributed by atoms with Crippen LogP contribution in [0.3, 0.4) is 0 Å². The van der Waals surface area contributed by atoms with Gasteiger partial charge in [-0.15, -0.1) is 0 Å². The molecule has 2 heterocycles. The summed E-state index contributed by atoms with van der Waals surface area (Å²) in [5.74, 6) is 2.69. The highest BCUT2D eigenvalue weighted by Gasteiger charge is 2.07. The zero-order valence-electron chi connectivity index (χ0n) is 13.6. The third kappa shape index (κ3) is 4.14. The molecule has 2 aromatic rings. The number of hydrogen-bond donors (Lipinski definition) is 1. The van der Waals surface area contributed by atoms with Crippen LogP contribution in [0.2, 0.25) is 0 Å². The van der Waals surface area contributed by atoms with Crippen LogP contribution in [0.1, 0.15) is 44.8 Å². The molecule has 0 unspecified atom stereocenters. The lowest BCUT2D eigenvalue weighted by Crippen LogP contribution is -2.19. The lowest BCUT2D eigenvalue weighted by Gasteiger charge is -2.12. The maximum absolute atomic E-state index is 4.74. The molecule has 0 aromatic carbocycles. The third-order valence-electron chi connectivity index (χ3n) is 3.45. The molecule has 114 valence electrons. The smallest absolute Gasteiger partial charge is 0.138 e. The van der Waals surface area contributed by atoms with Crippen molar-refractivity contribution in [2.75, 3.05) is 6.54 Å². The molecular weight excluding hydrogens is 260 g/mol. The molecule has 0 spiro atoms. The van der Waals surface area contributed by atoms with Crippen LogP contribution in [0.25, 0.3) is 5.82 Å². The molecule has 4 heteroatoms. The number of rotatable bonds is 7. The molecule has 0 aliphatic carbocycles. The van der Waals surface area contributed by atoms with Gasteiger partial charge in [0.15, 0.2) is 0 Å². The van der Waals surface area contributed by atoms with E-state index >= 15 is 0 Å². The van der Waals surface area contributed by atoms with Gasteiger partial charge in [-0.1, -0.05) is 27.7 Å². The van der Waals surface area contributed by atoms with Gasteiger partial charge in [-0.05, 0) is 36.6 Å². The predicted molar refractivity (Wildman–Crippen MR) is 86.7 cm³/mol. The first-order chi connectivity index (χ1) is 10.1. The Kier molecular flexibility index (Phi) is 5.51. The molecule has 0 saturated heterocycles. The molecule has 0 aliphatic rings. The van der Waals surface area contributed by atoms with Gasteiger partial charge in [-0.25, -0.2) is 9.97 Å². The zero-order valence-corrected chi connectivity index (χ0v) is 13.6. The third-order valence-corrected chi connectivity index (χ3v) is 3.45. The van der Waals surface area contributed by atoms with Crippen LogP contribution in [0, 0.1) is 5.92 Å². The van der Waals surface area contributed by atoms with Crippen molar-refractivity contribution >= 4 is 0 Å². The van der Waals surface area contributed by atoms with E-state index in [0.29, 0.717) is 5.92 Å². The Balaban J connectivity index is 2.25. The topological polar surface area (TPSA) is 42.7 Å². The Labute approximate surface area is 127 Å². The summed E-state index contributed by atoms with van der Waals surface area (Å²) in [6, 6.07) is 4.35. The van der Waals surface area contributed by atoms with Crippen LogP contribution < -0.4 is 5.32 Å². The lowest BCUT2D eigenvalue weighted by atomic mass is 10.1. The van der Waals surface area contributed by atoms with E-state index in [4.69, 9.17) is 4.98 Å². The van der Waals surface area contributed by atoms with Crippen molar-refractivity contribution in [3.8, 4) is 5.82 Å². The van der Waals surface area contributed by atoms with Gasteiger partial charge in [0.05, 0.1) is 0 Å². The SMILES string of the molecule is CCc1cc(CNCC(C)C)cc(-n2ccnc2CC)n1. The fourth-order valence-electron chi connectivity index (χ4n) is 2.35. The molecule has 21 heavy (non-hydrogen) atoms. The molecule has 2 rings (SSSR count). The Morgan fingerprint density at radius 2 is 2.00 bits per heavy atom. The van der Waals surface area contributed by atoms with Gasteiger partial charge in [-0.2, -0.15) is 0 Å². The minimum absolute atomic E-state index is 0.664. The molecule has 0 aliphatic heterocycles. The highest BCUT2D eigenvalue weighted by atomic mass is 15.1. The number of hydrogen-bond acceptors (Lipinski definition) is 3. The number of aromatic nitrogens is 3. The average Bonchev–Trinajstić information content (AvgIpc) is 2.95. The summed E-state index contributed by atoms with van der Waals surface area (Å²) in [6.45, 7) is 10.6. The number of nitrogens with zero attached hydrogens (tertiary/aromatic N) is 3. The normalized spacial score (nSPS) is 11.3. The van der Waals surface area contributed by atoms with Crippen LogP contribution in [0.5, 0.6) is 0 Å². The first kappa shape index (κ1) is 15.7. The standard InChI is InChI=1S/C17H26N4/c1-5-15-9-14(12-18-11-13(3)4)10-17(20-15)21-8-7-19-16(21)6-2/h7-10,13,18H,5-6,11-12H2,1-4H3. The fourth-order valence-corrected chi connectivity index (χ4v) is 2.35. The quantitative estimate of drug-likeness (QED) is 0.850. The summed E-state index contributed by atoms with van der Waals surface area (Å²) in [5.41, 5.74) is 2.41. The Morgan fingerprint density at radius 3 is 2.67 bits per heavy atom. The van der Waals surface area contributed by atoms with Crippen LogP contribution in [-0.2, 0) is 19.4 Å². The van der Waals surface area contributed by atoms with Crippen LogP contribution >= 0.6 is 0 Å². The monoisotopic (exact) mass is 286 g/mol. The van der Waals surface area contributed by atoms with Gasteiger partial charge < -0.3 is 5.32 Å². The summed E-state index contributed by atoms with van der Waals surface area (Å²) in [7, 11) is 0. The zero-order chi connectivity index (χ0) is 15.2. The van der Waals surface area contributed by atoms with E-state index in [1.807, 2.05) is 12.4 Å². The highest BCUT2D eigenvalue weighted by Crippen LogP contribution is 2.14.